The Kier molecular flexibility index (Phi) is 6.90. The first-order valence-corrected chi connectivity index (χ1v) is 8.81. The summed E-state index contributed by atoms with van der Waals surface area (Å²) in [6.45, 7) is 12.1. The molecule has 2 N–H and O–H groups in total. The van der Waals surface area contributed by atoms with Crippen molar-refractivity contribution in [1.82, 2.24) is 15.5 Å². The molecular weight excluding hydrogens is 284 g/mol. The van der Waals surface area contributed by atoms with Crippen LogP contribution in [-0.4, -0.2) is 44.1 Å². The van der Waals surface area contributed by atoms with Crippen LogP contribution < -0.4 is 10.6 Å². The van der Waals surface area contributed by atoms with E-state index in [1.54, 1.807) is 0 Å². The average Bonchev–Trinajstić information content (AvgIpc) is 3.02. The van der Waals surface area contributed by atoms with Crippen LogP contribution in [0, 0.1) is 19.8 Å². The fraction of sp³-hybridized carbons (Fsp3) is 0.632. The Morgan fingerprint density at radius 3 is 2.61 bits per heavy atom. The summed E-state index contributed by atoms with van der Waals surface area (Å²) in [5.74, 6) is 1.52. The second kappa shape index (κ2) is 8.92. The van der Waals surface area contributed by atoms with Gasteiger partial charge in [-0.05, 0) is 56.8 Å². The Bertz CT molecular complexity index is 518. The lowest BCUT2D eigenvalue weighted by Gasteiger charge is -2.21. The molecule has 0 radical (unpaired) electrons. The van der Waals surface area contributed by atoms with Gasteiger partial charge < -0.3 is 15.5 Å². The molecule has 1 aromatic carbocycles. The van der Waals surface area contributed by atoms with Gasteiger partial charge in [0.1, 0.15) is 0 Å². The summed E-state index contributed by atoms with van der Waals surface area (Å²) in [6, 6.07) is 6.59. The van der Waals surface area contributed by atoms with Crippen molar-refractivity contribution in [3.8, 4) is 0 Å². The van der Waals surface area contributed by atoms with E-state index in [9.17, 15) is 0 Å². The highest BCUT2D eigenvalue weighted by atomic mass is 15.2. The fourth-order valence-electron chi connectivity index (χ4n) is 3.19. The predicted molar refractivity (Wildman–Crippen MR) is 99.0 cm³/mol. The van der Waals surface area contributed by atoms with Crippen molar-refractivity contribution in [3.63, 3.8) is 0 Å². The Morgan fingerprint density at radius 2 is 1.96 bits per heavy atom. The molecule has 0 saturated carbocycles. The van der Waals surface area contributed by atoms with Crippen LogP contribution in [0.25, 0.3) is 0 Å². The van der Waals surface area contributed by atoms with Gasteiger partial charge in [0.25, 0.3) is 0 Å². The Labute approximate surface area is 141 Å². The van der Waals surface area contributed by atoms with Gasteiger partial charge in [-0.15, -0.1) is 0 Å². The number of likely N-dealkylation sites (tertiary alicyclic amines) is 1. The monoisotopic (exact) mass is 316 g/mol. The summed E-state index contributed by atoms with van der Waals surface area (Å²) < 4.78 is 0. The van der Waals surface area contributed by atoms with Crippen molar-refractivity contribution in [2.75, 3.05) is 33.2 Å². The molecule has 0 bridgehead atoms. The minimum Gasteiger partial charge on any atom is -0.356 e. The zero-order valence-electron chi connectivity index (χ0n) is 15.2. The summed E-state index contributed by atoms with van der Waals surface area (Å²) in [7, 11) is 1.84. The Morgan fingerprint density at radius 1 is 1.22 bits per heavy atom. The molecule has 0 amide bonds. The number of guanidine groups is 1. The van der Waals surface area contributed by atoms with Gasteiger partial charge in [0.2, 0.25) is 0 Å². The number of benzene rings is 1. The number of hydrogen-bond donors (Lipinski definition) is 2. The van der Waals surface area contributed by atoms with E-state index in [2.05, 4.69) is 59.5 Å². The van der Waals surface area contributed by atoms with E-state index in [4.69, 9.17) is 0 Å². The third-order valence-corrected chi connectivity index (χ3v) is 4.55. The highest BCUT2D eigenvalue weighted by Gasteiger charge is 2.14. The van der Waals surface area contributed by atoms with E-state index in [0.717, 1.165) is 19.0 Å². The van der Waals surface area contributed by atoms with Gasteiger partial charge >= 0.3 is 0 Å². The summed E-state index contributed by atoms with van der Waals surface area (Å²) in [4.78, 5) is 6.90. The third-order valence-electron chi connectivity index (χ3n) is 4.55. The normalized spacial score (nSPS) is 17.3. The van der Waals surface area contributed by atoms with Crippen molar-refractivity contribution >= 4 is 5.96 Å². The van der Waals surface area contributed by atoms with E-state index in [1.807, 2.05) is 7.05 Å². The van der Waals surface area contributed by atoms with Crippen molar-refractivity contribution in [1.29, 1.82) is 0 Å². The first-order valence-electron chi connectivity index (χ1n) is 8.81. The highest BCUT2D eigenvalue weighted by molar-refractivity contribution is 5.79. The average molecular weight is 316 g/mol. The van der Waals surface area contributed by atoms with E-state index < -0.39 is 0 Å². The maximum atomic E-state index is 4.33. The predicted octanol–water partition coefficient (Wildman–Crippen LogP) is 2.70. The summed E-state index contributed by atoms with van der Waals surface area (Å²) >= 11 is 0. The van der Waals surface area contributed by atoms with Crippen LogP contribution in [0.3, 0.4) is 0 Å². The fourth-order valence-corrected chi connectivity index (χ4v) is 3.19. The minimum atomic E-state index is 0.632. The van der Waals surface area contributed by atoms with Crippen molar-refractivity contribution in [3.05, 3.63) is 34.9 Å². The molecule has 0 aromatic heterocycles. The molecule has 0 spiro atoms. The third kappa shape index (κ3) is 5.87. The van der Waals surface area contributed by atoms with E-state index >= 15 is 0 Å². The molecule has 0 aliphatic carbocycles. The molecular formula is C19H32N4. The number of rotatable bonds is 6. The van der Waals surface area contributed by atoms with Gasteiger partial charge in [-0.3, -0.25) is 4.99 Å². The van der Waals surface area contributed by atoms with Crippen LogP contribution in [0.15, 0.2) is 23.2 Å². The van der Waals surface area contributed by atoms with Gasteiger partial charge in [-0.2, -0.15) is 0 Å². The van der Waals surface area contributed by atoms with Gasteiger partial charge in [0, 0.05) is 26.7 Å². The molecule has 1 aromatic rings. The second-order valence-corrected chi connectivity index (χ2v) is 6.85. The largest absolute Gasteiger partial charge is 0.356 e. The van der Waals surface area contributed by atoms with Crippen LogP contribution in [0.5, 0.6) is 0 Å². The van der Waals surface area contributed by atoms with Gasteiger partial charge in [-0.25, -0.2) is 0 Å². The number of hydrogen-bond acceptors (Lipinski definition) is 2. The Balaban J connectivity index is 1.74. The lowest BCUT2D eigenvalue weighted by atomic mass is 10.1. The van der Waals surface area contributed by atoms with Crippen molar-refractivity contribution in [2.24, 2.45) is 10.9 Å². The quantitative estimate of drug-likeness (QED) is 0.626. The van der Waals surface area contributed by atoms with E-state index in [0.29, 0.717) is 5.92 Å². The molecule has 4 nitrogen and oxygen atoms in total. The van der Waals surface area contributed by atoms with Crippen molar-refractivity contribution in [2.45, 2.75) is 40.2 Å². The number of nitrogens with zero attached hydrogens (tertiary/aromatic N) is 2. The van der Waals surface area contributed by atoms with Crippen molar-refractivity contribution < 1.29 is 0 Å². The molecule has 1 fully saturated rings. The van der Waals surface area contributed by atoms with Crippen LogP contribution in [0.4, 0.5) is 0 Å². The second-order valence-electron chi connectivity index (χ2n) is 6.85. The SMILES string of the molecule is CN=C(NCc1ccc(C)cc1C)NCC(C)CN1CCCC1. The molecule has 128 valence electrons. The van der Waals surface area contributed by atoms with Crippen LogP contribution in [-0.2, 0) is 6.54 Å². The summed E-state index contributed by atoms with van der Waals surface area (Å²) in [6.07, 6.45) is 2.72. The lowest BCUT2D eigenvalue weighted by molar-refractivity contribution is 0.287. The van der Waals surface area contributed by atoms with Crippen LogP contribution in [0.1, 0.15) is 36.5 Å². The molecule has 4 heteroatoms. The maximum Gasteiger partial charge on any atom is 0.191 e. The molecule has 1 heterocycles. The smallest absolute Gasteiger partial charge is 0.191 e. The Hall–Kier alpha value is -1.55. The maximum absolute atomic E-state index is 4.33. The van der Waals surface area contributed by atoms with Gasteiger partial charge in [0.05, 0.1) is 0 Å². The topological polar surface area (TPSA) is 39.7 Å². The molecule has 1 saturated heterocycles. The molecule has 2 rings (SSSR count). The number of nitrogens with one attached hydrogen (secondary N) is 2. The minimum absolute atomic E-state index is 0.632. The molecule has 1 aliphatic heterocycles. The van der Waals surface area contributed by atoms with Crippen LogP contribution >= 0.6 is 0 Å². The van der Waals surface area contributed by atoms with Gasteiger partial charge in [-0.1, -0.05) is 30.7 Å². The lowest BCUT2D eigenvalue weighted by Crippen LogP contribution is -2.41. The molecule has 1 atom stereocenters. The molecule has 1 aliphatic rings. The summed E-state index contributed by atoms with van der Waals surface area (Å²) in [5, 5.41) is 6.88. The molecule has 1 unspecified atom stereocenters. The van der Waals surface area contributed by atoms with E-state index in [-0.39, 0.29) is 0 Å². The van der Waals surface area contributed by atoms with Gasteiger partial charge in [0.15, 0.2) is 5.96 Å². The highest BCUT2D eigenvalue weighted by Crippen LogP contribution is 2.11. The number of aliphatic imine (C=N–C) groups is 1. The first-order chi connectivity index (χ1) is 11.1. The van der Waals surface area contributed by atoms with Crippen LogP contribution in [0.2, 0.25) is 0 Å². The standard InChI is InChI=1S/C19H32N4/c1-15-7-8-18(17(3)11-15)13-22-19(20-4)21-12-16(2)14-23-9-5-6-10-23/h7-8,11,16H,5-6,9-10,12-14H2,1-4H3,(H2,20,21,22). The zero-order valence-corrected chi connectivity index (χ0v) is 15.2. The van der Waals surface area contributed by atoms with E-state index in [1.165, 1.54) is 49.2 Å². The zero-order chi connectivity index (χ0) is 16.7. The summed E-state index contributed by atoms with van der Waals surface area (Å²) in [5.41, 5.74) is 3.96. The number of aryl methyl sites for hydroxylation is 2. The molecule has 23 heavy (non-hydrogen) atoms. The first kappa shape index (κ1) is 17.8.